The van der Waals surface area contributed by atoms with Crippen LogP contribution in [0.1, 0.15) is 72.6 Å². The first-order valence-electron chi connectivity index (χ1n) is 8.20. The van der Waals surface area contributed by atoms with E-state index in [1.165, 1.54) is 64.6 Å². The van der Waals surface area contributed by atoms with E-state index in [0.717, 1.165) is 6.54 Å². The normalized spacial score (nSPS) is 13.2. The number of hydrogen-bond donors (Lipinski definition) is 1. The van der Waals surface area contributed by atoms with Crippen molar-refractivity contribution in [3.63, 3.8) is 0 Å². The van der Waals surface area contributed by atoms with E-state index in [9.17, 15) is 0 Å². The van der Waals surface area contributed by atoms with Crippen molar-refractivity contribution in [1.82, 2.24) is 10.2 Å². The van der Waals surface area contributed by atoms with Crippen LogP contribution >= 0.6 is 0 Å². The summed E-state index contributed by atoms with van der Waals surface area (Å²) >= 11 is 0. The van der Waals surface area contributed by atoms with Crippen molar-refractivity contribution in [1.29, 1.82) is 0 Å². The molecule has 0 saturated heterocycles. The summed E-state index contributed by atoms with van der Waals surface area (Å²) in [5, 5.41) is 3.61. The molecule has 0 amide bonds. The minimum Gasteiger partial charge on any atom is -0.315 e. The van der Waals surface area contributed by atoms with Gasteiger partial charge in [-0.05, 0) is 45.8 Å². The van der Waals surface area contributed by atoms with Crippen LogP contribution in [-0.4, -0.2) is 37.1 Å². The quantitative estimate of drug-likeness (QED) is 0.500. The summed E-state index contributed by atoms with van der Waals surface area (Å²) in [6.07, 6.45) is 9.28. The van der Waals surface area contributed by atoms with Gasteiger partial charge in [0.2, 0.25) is 0 Å². The molecule has 0 bridgehead atoms. The second kappa shape index (κ2) is 13.4. The smallest absolute Gasteiger partial charge is 0.0192 e. The van der Waals surface area contributed by atoms with Gasteiger partial charge in [0.15, 0.2) is 0 Å². The third kappa shape index (κ3) is 9.90. The van der Waals surface area contributed by atoms with Crippen molar-refractivity contribution in [3.8, 4) is 0 Å². The summed E-state index contributed by atoms with van der Waals surface area (Å²) in [6.45, 7) is 14.1. The van der Waals surface area contributed by atoms with Gasteiger partial charge in [-0.25, -0.2) is 0 Å². The second-order valence-corrected chi connectivity index (χ2v) is 5.50. The number of nitrogens with one attached hydrogen (secondary N) is 1. The van der Waals surface area contributed by atoms with Crippen LogP contribution in [0.2, 0.25) is 0 Å². The zero-order valence-corrected chi connectivity index (χ0v) is 13.3. The Labute approximate surface area is 116 Å². The fourth-order valence-corrected chi connectivity index (χ4v) is 2.22. The Morgan fingerprint density at radius 3 is 1.89 bits per heavy atom. The average molecular weight is 256 g/mol. The van der Waals surface area contributed by atoms with Crippen LogP contribution in [-0.2, 0) is 0 Å². The second-order valence-electron chi connectivity index (χ2n) is 5.50. The average Bonchev–Trinajstić information content (AvgIpc) is 2.38. The predicted octanol–water partition coefficient (Wildman–Crippen LogP) is 4.06. The molecule has 1 atom stereocenters. The number of hydrogen-bond acceptors (Lipinski definition) is 2. The van der Waals surface area contributed by atoms with Crippen LogP contribution in [0.5, 0.6) is 0 Å². The van der Waals surface area contributed by atoms with Gasteiger partial charge in [-0.1, -0.05) is 46.5 Å². The maximum atomic E-state index is 3.61. The van der Waals surface area contributed by atoms with Crippen molar-refractivity contribution < 1.29 is 0 Å². The molecule has 0 aromatic carbocycles. The maximum Gasteiger partial charge on any atom is 0.0192 e. The van der Waals surface area contributed by atoms with E-state index in [-0.39, 0.29) is 0 Å². The molecule has 1 N–H and O–H groups in total. The van der Waals surface area contributed by atoms with Crippen LogP contribution in [0.15, 0.2) is 0 Å². The third-order valence-electron chi connectivity index (χ3n) is 3.62. The highest BCUT2D eigenvalue weighted by molar-refractivity contribution is 4.69. The first-order valence-corrected chi connectivity index (χ1v) is 8.20. The van der Waals surface area contributed by atoms with Gasteiger partial charge in [-0.15, -0.1) is 0 Å². The molecular formula is C16H36N2. The molecule has 0 fully saturated rings. The lowest BCUT2D eigenvalue weighted by molar-refractivity contribution is 0.198. The van der Waals surface area contributed by atoms with Gasteiger partial charge in [0.25, 0.3) is 0 Å². The lowest BCUT2D eigenvalue weighted by Gasteiger charge is -2.29. The van der Waals surface area contributed by atoms with Gasteiger partial charge in [0.05, 0.1) is 0 Å². The summed E-state index contributed by atoms with van der Waals surface area (Å²) in [7, 11) is 0. The summed E-state index contributed by atoms with van der Waals surface area (Å²) in [5.41, 5.74) is 0. The van der Waals surface area contributed by atoms with Crippen LogP contribution in [0, 0.1) is 0 Å². The van der Waals surface area contributed by atoms with Crippen LogP contribution in [0.4, 0.5) is 0 Å². The predicted molar refractivity (Wildman–Crippen MR) is 83.2 cm³/mol. The molecule has 0 aliphatic carbocycles. The first kappa shape index (κ1) is 17.9. The first-order chi connectivity index (χ1) is 8.76. The van der Waals surface area contributed by atoms with Gasteiger partial charge in [0.1, 0.15) is 0 Å². The molecule has 0 aromatic rings. The van der Waals surface area contributed by atoms with Crippen molar-refractivity contribution in [2.24, 2.45) is 0 Å². The standard InChI is InChI=1S/C16H36N2/c1-5-8-11-12-17-15-16(4)18(13-9-6-2)14-10-7-3/h16-17H,5-15H2,1-4H3. The summed E-state index contributed by atoms with van der Waals surface area (Å²) in [4.78, 5) is 2.67. The Morgan fingerprint density at radius 1 is 0.833 bits per heavy atom. The number of unbranched alkanes of at least 4 members (excludes halogenated alkanes) is 4. The molecule has 0 rings (SSSR count). The van der Waals surface area contributed by atoms with Crippen LogP contribution in [0.25, 0.3) is 0 Å². The highest BCUT2D eigenvalue weighted by Gasteiger charge is 2.11. The van der Waals surface area contributed by atoms with Gasteiger partial charge < -0.3 is 5.32 Å². The minimum absolute atomic E-state index is 0.685. The van der Waals surface area contributed by atoms with E-state index in [1.807, 2.05) is 0 Å². The molecule has 0 saturated carbocycles. The topological polar surface area (TPSA) is 15.3 Å². The van der Waals surface area contributed by atoms with Gasteiger partial charge in [0, 0.05) is 12.6 Å². The van der Waals surface area contributed by atoms with E-state index in [0.29, 0.717) is 6.04 Å². The molecular weight excluding hydrogens is 220 g/mol. The molecule has 110 valence electrons. The molecule has 2 heteroatoms. The van der Waals surface area contributed by atoms with Crippen LogP contribution in [0.3, 0.4) is 0 Å². The molecule has 18 heavy (non-hydrogen) atoms. The SMILES string of the molecule is CCCCCNCC(C)N(CCCC)CCCC. The Morgan fingerprint density at radius 2 is 1.39 bits per heavy atom. The maximum absolute atomic E-state index is 3.61. The summed E-state index contributed by atoms with van der Waals surface area (Å²) in [5.74, 6) is 0. The lowest BCUT2D eigenvalue weighted by atomic mass is 10.2. The van der Waals surface area contributed by atoms with Crippen molar-refractivity contribution in [2.75, 3.05) is 26.2 Å². The lowest BCUT2D eigenvalue weighted by Crippen LogP contribution is -2.41. The molecule has 2 nitrogen and oxygen atoms in total. The van der Waals surface area contributed by atoms with Gasteiger partial charge >= 0.3 is 0 Å². The van der Waals surface area contributed by atoms with E-state index < -0.39 is 0 Å². The zero-order chi connectivity index (χ0) is 13.6. The highest BCUT2D eigenvalue weighted by atomic mass is 15.2. The molecule has 0 heterocycles. The largest absolute Gasteiger partial charge is 0.315 e. The minimum atomic E-state index is 0.685. The Bertz CT molecular complexity index is 151. The van der Waals surface area contributed by atoms with E-state index in [1.54, 1.807) is 0 Å². The van der Waals surface area contributed by atoms with Gasteiger partial charge in [-0.2, -0.15) is 0 Å². The fraction of sp³-hybridized carbons (Fsp3) is 1.00. The Balaban J connectivity index is 3.76. The summed E-state index contributed by atoms with van der Waals surface area (Å²) in [6, 6.07) is 0.685. The monoisotopic (exact) mass is 256 g/mol. The van der Waals surface area contributed by atoms with E-state index in [4.69, 9.17) is 0 Å². The molecule has 0 aliphatic rings. The molecule has 1 unspecified atom stereocenters. The molecule has 0 spiro atoms. The van der Waals surface area contributed by atoms with Crippen molar-refractivity contribution >= 4 is 0 Å². The fourth-order valence-electron chi connectivity index (χ4n) is 2.22. The number of rotatable bonds is 13. The van der Waals surface area contributed by atoms with Gasteiger partial charge in [-0.3, -0.25) is 4.90 Å². The Kier molecular flexibility index (Phi) is 13.3. The van der Waals surface area contributed by atoms with Crippen molar-refractivity contribution in [2.45, 2.75) is 78.7 Å². The molecule has 0 radical (unpaired) electrons. The van der Waals surface area contributed by atoms with Crippen molar-refractivity contribution in [3.05, 3.63) is 0 Å². The number of nitrogens with zero attached hydrogens (tertiary/aromatic N) is 1. The highest BCUT2D eigenvalue weighted by Crippen LogP contribution is 2.04. The molecule has 0 aliphatic heterocycles. The van der Waals surface area contributed by atoms with E-state index in [2.05, 4.69) is 37.9 Å². The Hall–Kier alpha value is -0.0800. The zero-order valence-electron chi connectivity index (χ0n) is 13.3. The van der Waals surface area contributed by atoms with E-state index >= 15 is 0 Å². The summed E-state index contributed by atoms with van der Waals surface area (Å²) < 4.78 is 0. The third-order valence-corrected chi connectivity index (χ3v) is 3.62. The molecule has 0 aromatic heterocycles. The van der Waals surface area contributed by atoms with Crippen LogP contribution < -0.4 is 5.32 Å².